The summed E-state index contributed by atoms with van der Waals surface area (Å²) in [5.41, 5.74) is 5.16. The van der Waals surface area contributed by atoms with Gasteiger partial charge in [-0.1, -0.05) is 35.3 Å². The Hall–Kier alpha value is -2.04. The molecule has 0 atom stereocenters. The van der Waals surface area contributed by atoms with Gasteiger partial charge in [0.2, 0.25) is 5.91 Å². The molecule has 0 bridgehead atoms. The van der Waals surface area contributed by atoms with Gasteiger partial charge in [-0.15, -0.1) is 0 Å². The molecule has 0 aromatic heterocycles. The molecule has 0 saturated heterocycles. The summed E-state index contributed by atoms with van der Waals surface area (Å²) < 4.78 is 5.66. The van der Waals surface area contributed by atoms with E-state index >= 15 is 0 Å². The average molecular weight is 379 g/mol. The van der Waals surface area contributed by atoms with Gasteiger partial charge in [-0.25, -0.2) is 5.43 Å². The van der Waals surface area contributed by atoms with E-state index in [1.165, 1.54) is 0 Å². The van der Waals surface area contributed by atoms with Crippen molar-refractivity contribution in [2.24, 2.45) is 5.10 Å². The lowest BCUT2D eigenvalue weighted by Gasteiger charge is -2.09. The summed E-state index contributed by atoms with van der Waals surface area (Å²) in [6.45, 7) is 4.22. The minimum Gasteiger partial charge on any atom is -0.493 e. The number of hydrogen-bond donors (Lipinski definition) is 1. The highest BCUT2D eigenvalue weighted by molar-refractivity contribution is 6.31. The zero-order valence-electron chi connectivity index (χ0n) is 14.2. The smallest absolute Gasteiger partial charge is 0.240 e. The molecule has 0 fully saturated rings. The molecule has 0 heterocycles. The predicted octanol–water partition coefficient (Wildman–Crippen LogP) is 5.00. The summed E-state index contributed by atoms with van der Waals surface area (Å²) in [6.07, 6.45) is 0.938. The van der Waals surface area contributed by atoms with Crippen molar-refractivity contribution >= 4 is 34.8 Å². The van der Waals surface area contributed by atoms with E-state index in [4.69, 9.17) is 27.9 Å². The van der Waals surface area contributed by atoms with Crippen molar-refractivity contribution in [1.82, 2.24) is 5.43 Å². The first-order valence-corrected chi connectivity index (χ1v) is 8.69. The second kappa shape index (κ2) is 9.44. The first-order chi connectivity index (χ1) is 12.0. The van der Waals surface area contributed by atoms with Gasteiger partial charge in [-0.05, 0) is 61.7 Å². The van der Waals surface area contributed by atoms with E-state index in [9.17, 15) is 4.79 Å². The summed E-state index contributed by atoms with van der Waals surface area (Å²) in [5, 5.41) is 5.45. The van der Waals surface area contributed by atoms with Crippen LogP contribution in [-0.4, -0.2) is 18.2 Å². The Balaban J connectivity index is 1.73. The number of ether oxygens (including phenoxy) is 1. The summed E-state index contributed by atoms with van der Waals surface area (Å²) in [4.78, 5) is 11.8. The van der Waals surface area contributed by atoms with Crippen molar-refractivity contribution in [1.29, 1.82) is 0 Å². The number of nitrogens with zero attached hydrogens (tertiary/aromatic N) is 1. The molecule has 1 N–H and O–H groups in total. The molecular weight excluding hydrogens is 359 g/mol. The van der Waals surface area contributed by atoms with Gasteiger partial charge in [0.05, 0.1) is 12.3 Å². The summed E-state index contributed by atoms with van der Waals surface area (Å²) in [7, 11) is 0. The van der Waals surface area contributed by atoms with E-state index < -0.39 is 0 Å². The third kappa shape index (κ3) is 6.40. The van der Waals surface area contributed by atoms with E-state index in [-0.39, 0.29) is 5.91 Å². The van der Waals surface area contributed by atoms with Crippen LogP contribution in [0.1, 0.15) is 30.9 Å². The van der Waals surface area contributed by atoms with Gasteiger partial charge in [-0.2, -0.15) is 5.10 Å². The van der Waals surface area contributed by atoms with Crippen molar-refractivity contribution in [2.45, 2.75) is 26.7 Å². The highest BCUT2D eigenvalue weighted by Crippen LogP contribution is 2.21. The van der Waals surface area contributed by atoms with Crippen LogP contribution >= 0.6 is 23.2 Å². The fraction of sp³-hybridized carbons (Fsp3) is 0.263. The number of amides is 1. The van der Waals surface area contributed by atoms with Gasteiger partial charge >= 0.3 is 0 Å². The number of hydrazone groups is 1. The van der Waals surface area contributed by atoms with Gasteiger partial charge in [0, 0.05) is 16.5 Å². The van der Waals surface area contributed by atoms with Crippen molar-refractivity contribution in [3.63, 3.8) is 0 Å². The molecule has 4 nitrogen and oxygen atoms in total. The Labute approximate surface area is 157 Å². The molecule has 0 aliphatic carbocycles. The molecule has 2 rings (SSSR count). The molecule has 1 amide bonds. The lowest BCUT2D eigenvalue weighted by Crippen LogP contribution is -2.19. The van der Waals surface area contributed by atoms with Crippen molar-refractivity contribution in [2.75, 3.05) is 6.61 Å². The van der Waals surface area contributed by atoms with E-state index in [2.05, 4.69) is 10.5 Å². The fourth-order valence-electron chi connectivity index (χ4n) is 2.15. The number of rotatable bonds is 7. The molecule has 2 aromatic carbocycles. The number of benzene rings is 2. The number of halogens is 2. The summed E-state index contributed by atoms with van der Waals surface area (Å²) >= 11 is 11.8. The number of nitrogens with one attached hydrogen (secondary N) is 1. The largest absolute Gasteiger partial charge is 0.493 e. The lowest BCUT2D eigenvalue weighted by atomic mass is 10.1. The van der Waals surface area contributed by atoms with Crippen LogP contribution in [0.25, 0.3) is 0 Å². The fourth-order valence-corrected chi connectivity index (χ4v) is 2.50. The molecular formula is C19H20Cl2N2O2. The van der Waals surface area contributed by atoms with Crippen LogP contribution in [0.15, 0.2) is 47.6 Å². The van der Waals surface area contributed by atoms with Crippen LogP contribution < -0.4 is 10.2 Å². The topological polar surface area (TPSA) is 50.7 Å². The SMILES string of the molecule is CC(=NNC(=O)CCCOc1ccc(Cl)cc1C)c1ccc(Cl)cc1. The average Bonchev–Trinajstić information content (AvgIpc) is 2.58. The van der Waals surface area contributed by atoms with Crippen LogP contribution in [0.5, 0.6) is 5.75 Å². The zero-order valence-corrected chi connectivity index (χ0v) is 15.7. The number of hydrogen-bond acceptors (Lipinski definition) is 3. The van der Waals surface area contributed by atoms with Crippen molar-refractivity contribution < 1.29 is 9.53 Å². The predicted molar refractivity (Wildman–Crippen MR) is 103 cm³/mol. The third-order valence-electron chi connectivity index (χ3n) is 3.55. The van der Waals surface area contributed by atoms with Gasteiger partial charge in [-0.3, -0.25) is 4.79 Å². The standard InChI is InChI=1S/C19H20Cl2N2O2/c1-13-12-17(21)9-10-18(13)25-11-3-4-19(24)23-22-14(2)15-5-7-16(20)8-6-15/h5-10,12H,3-4,11H2,1-2H3,(H,23,24). The quantitative estimate of drug-likeness (QED) is 0.418. The minimum atomic E-state index is -0.148. The number of aryl methyl sites for hydroxylation is 1. The molecule has 0 radical (unpaired) electrons. The Kier molecular flexibility index (Phi) is 7.29. The van der Waals surface area contributed by atoms with E-state index in [1.54, 1.807) is 18.2 Å². The van der Waals surface area contributed by atoms with Crippen LogP contribution in [0, 0.1) is 6.92 Å². The van der Waals surface area contributed by atoms with E-state index in [0.717, 1.165) is 22.6 Å². The summed E-state index contributed by atoms with van der Waals surface area (Å²) in [6, 6.07) is 12.7. The lowest BCUT2D eigenvalue weighted by molar-refractivity contribution is -0.121. The normalized spacial score (nSPS) is 11.3. The second-order valence-electron chi connectivity index (χ2n) is 5.60. The molecule has 0 aliphatic heterocycles. The maximum Gasteiger partial charge on any atom is 0.240 e. The maximum atomic E-state index is 11.8. The first kappa shape index (κ1) is 19.3. The second-order valence-corrected chi connectivity index (χ2v) is 6.47. The molecule has 132 valence electrons. The van der Waals surface area contributed by atoms with Gasteiger partial charge < -0.3 is 4.74 Å². The Bertz CT molecular complexity index is 759. The monoisotopic (exact) mass is 378 g/mol. The molecule has 0 aliphatic rings. The van der Waals surface area contributed by atoms with Gasteiger partial charge in [0.1, 0.15) is 5.75 Å². The molecule has 0 spiro atoms. The highest BCUT2D eigenvalue weighted by atomic mass is 35.5. The van der Waals surface area contributed by atoms with E-state index in [0.29, 0.717) is 29.5 Å². The van der Waals surface area contributed by atoms with Crippen LogP contribution in [-0.2, 0) is 4.79 Å². The van der Waals surface area contributed by atoms with Crippen LogP contribution in [0.4, 0.5) is 0 Å². The molecule has 6 heteroatoms. The highest BCUT2D eigenvalue weighted by Gasteiger charge is 2.04. The van der Waals surface area contributed by atoms with Crippen LogP contribution in [0.2, 0.25) is 10.0 Å². The number of carbonyl (C=O) groups excluding carboxylic acids is 1. The van der Waals surface area contributed by atoms with Gasteiger partial charge in [0.25, 0.3) is 0 Å². The molecule has 0 saturated carbocycles. The number of carbonyl (C=O) groups is 1. The zero-order chi connectivity index (χ0) is 18.2. The molecule has 0 unspecified atom stereocenters. The Morgan fingerprint density at radius 2 is 1.80 bits per heavy atom. The Morgan fingerprint density at radius 3 is 2.48 bits per heavy atom. The first-order valence-electron chi connectivity index (χ1n) is 7.94. The maximum absolute atomic E-state index is 11.8. The molecule has 2 aromatic rings. The Morgan fingerprint density at radius 1 is 1.12 bits per heavy atom. The minimum absolute atomic E-state index is 0.148. The van der Waals surface area contributed by atoms with E-state index in [1.807, 2.05) is 38.1 Å². The van der Waals surface area contributed by atoms with Crippen molar-refractivity contribution in [3.05, 3.63) is 63.6 Å². The van der Waals surface area contributed by atoms with Crippen molar-refractivity contribution in [3.8, 4) is 5.75 Å². The van der Waals surface area contributed by atoms with Crippen LogP contribution in [0.3, 0.4) is 0 Å². The molecule has 25 heavy (non-hydrogen) atoms. The summed E-state index contributed by atoms with van der Waals surface area (Å²) in [5.74, 6) is 0.631. The third-order valence-corrected chi connectivity index (χ3v) is 4.04. The van der Waals surface area contributed by atoms with Gasteiger partial charge in [0.15, 0.2) is 0 Å².